The Kier molecular flexibility index (Phi) is 4.10. The van der Waals surface area contributed by atoms with Crippen LogP contribution in [0.15, 0.2) is 69.9 Å². The first-order chi connectivity index (χ1) is 13.3. The molecule has 27 heavy (non-hydrogen) atoms. The molecule has 0 aliphatic carbocycles. The van der Waals surface area contributed by atoms with Gasteiger partial charge in [0, 0.05) is 10.0 Å². The molecule has 3 heterocycles. The third kappa shape index (κ3) is 3.09. The summed E-state index contributed by atoms with van der Waals surface area (Å²) in [5, 5.41) is 4.09. The number of ether oxygens (including phenoxy) is 1. The first-order valence-corrected chi connectivity index (χ1v) is 9.38. The standard InChI is InChI=1S/C20H15BrN4O2/c21-15-8-6-14(7-9-15)19-23-20(27-24-19)18-16-11-26-17(10-25(16)12-22-18)13-4-2-1-3-5-13/h1-9,12,17H,10-11H2. The minimum atomic E-state index is 0.0155. The number of imidazole rings is 1. The highest BCUT2D eigenvalue weighted by atomic mass is 79.9. The summed E-state index contributed by atoms with van der Waals surface area (Å²) in [7, 11) is 0. The fourth-order valence-electron chi connectivity index (χ4n) is 3.21. The molecule has 1 aliphatic heterocycles. The summed E-state index contributed by atoms with van der Waals surface area (Å²) in [4.78, 5) is 9.01. The average Bonchev–Trinajstić information content (AvgIpc) is 3.35. The Labute approximate surface area is 163 Å². The summed E-state index contributed by atoms with van der Waals surface area (Å²) in [6.07, 6.45) is 1.83. The molecular weight excluding hydrogens is 408 g/mol. The zero-order valence-corrected chi connectivity index (χ0v) is 15.8. The van der Waals surface area contributed by atoms with E-state index in [9.17, 15) is 0 Å². The van der Waals surface area contributed by atoms with Crippen LogP contribution in [0.1, 0.15) is 17.4 Å². The normalized spacial score (nSPS) is 16.3. The highest BCUT2D eigenvalue weighted by Crippen LogP contribution is 2.31. The third-order valence-electron chi connectivity index (χ3n) is 4.63. The molecule has 4 aromatic rings. The first kappa shape index (κ1) is 16.4. The van der Waals surface area contributed by atoms with Crippen LogP contribution in [0.3, 0.4) is 0 Å². The largest absolute Gasteiger partial charge is 0.365 e. The predicted molar refractivity (Wildman–Crippen MR) is 103 cm³/mol. The van der Waals surface area contributed by atoms with Gasteiger partial charge >= 0.3 is 0 Å². The van der Waals surface area contributed by atoms with Gasteiger partial charge in [-0.3, -0.25) is 0 Å². The zero-order chi connectivity index (χ0) is 18.2. The van der Waals surface area contributed by atoms with Crippen molar-refractivity contribution in [1.29, 1.82) is 0 Å². The summed E-state index contributed by atoms with van der Waals surface area (Å²) in [5.41, 5.74) is 3.68. The van der Waals surface area contributed by atoms with Gasteiger partial charge in [0.2, 0.25) is 5.82 Å². The van der Waals surface area contributed by atoms with E-state index < -0.39 is 0 Å². The highest BCUT2D eigenvalue weighted by Gasteiger charge is 2.26. The third-order valence-corrected chi connectivity index (χ3v) is 5.16. The molecule has 134 valence electrons. The molecular formula is C20H15BrN4O2. The van der Waals surface area contributed by atoms with Crippen molar-refractivity contribution in [2.24, 2.45) is 0 Å². The quantitative estimate of drug-likeness (QED) is 0.481. The molecule has 0 saturated carbocycles. The Morgan fingerprint density at radius 1 is 1.04 bits per heavy atom. The smallest absolute Gasteiger partial charge is 0.278 e. The maximum absolute atomic E-state index is 6.06. The summed E-state index contributed by atoms with van der Waals surface area (Å²) < 4.78 is 14.6. The number of nitrogens with zero attached hydrogens (tertiary/aromatic N) is 4. The molecule has 0 spiro atoms. The van der Waals surface area contributed by atoms with Gasteiger partial charge in [0.05, 0.1) is 25.2 Å². The lowest BCUT2D eigenvalue weighted by molar-refractivity contribution is 0.00330. The Morgan fingerprint density at radius 2 is 1.85 bits per heavy atom. The molecule has 2 aromatic heterocycles. The summed E-state index contributed by atoms with van der Waals surface area (Å²) in [5.74, 6) is 0.946. The Balaban J connectivity index is 1.42. The van der Waals surface area contributed by atoms with Gasteiger partial charge in [-0.1, -0.05) is 51.4 Å². The maximum Gasteiger partial charge on any atom is 0.278 e. The van der Waals surface area contributed by atoms with Gasteiger partial charge < -0.3 is 13.8 Å². The molecule has 5 rings (SSSR count). The van der Waals surface area contributed by atoms with Crippen LogP contribution in [-0.4, -0.2) is 19.7 Å². The van der Waals surface area contributed by atoms with E-state index in [1.807, 2.05) is 48.8 Å². The second-order valence-electron chi connectivity index (χ2n) is 6.33. The topological polar surface area (TPSA) is 66.0 Å². The van der Waals surface area contributed by atoms with Crippen LogP contribution in [0.5, 0.6) is 0 Å². The van der Waals surface area contributed by atoms with Gasteiger partial charge in [-0.05, 0) is 29.8 Å². The molecule has 0 saturated heterocycles. The van der Waals surface area contributed by atoms with Crippen molar-refractivity contribution in [3.05, 3.63) is 76.7 Å². The average molecular weight is 423 g/mol. The van der Waals surface area contributed by atoms with Crippen molar-refractivity contribution in [3.8, 4) is 23.0 Å². The number of rotatable bonds is 3. The molecule has 0 N–H and O–H groups in total. The lowest BCUT2D eigenvalue weighted by atomic mass is 10.1. The van der Waals surface area contributed by atoms with Crippen LogP contribution in [-0.2, 0) is 17.9 Å². The number of hydrogen-bond donors (Lipinski definition) is 0. The second-order valence-corrected chi connectivity index (χ2v) is 7.25. The van der Waals surface area contributed by atoms with Crippen molar-refractivity contribution in [2.75, 3.05) is 0 Å². The van der Waals surface area contributed by atoms with Crippen LogP contribution in [0.4, 0.5) is 0 Å². The van der Waals surface area contributed by atoms with E-state index in [-0.39, 0.29) is 6.10 Å². The molecule has 0 amide bonds. The van der Waals surface area contributed by atoms with Crippen LogP contribution >= 0.6 is 15.9 Å². The van der Waals surface area contributed by atoms with Crippen molar-refractivity contribution in [1.82, 2.24) is 19.7 Å². The fraction of sp³-hybridized carbons (Fsp3) is 0.150. The van der Waals surface area contributed by atoms with Crippen molar-refractivity contribution in [2.45, 2.75) is 19.3 Å². The van der Waals surface area contributed by atoms with Crippen LogP contribution in [0.2, 0.25) is 0 Å². The molecule has 0 bridgehead atoms. The van der Waals surface area contributed by atoms with Gasteiger partial charge in [0.25, 0.3) is 5.89 Å². The number of fused-ring (bicyclic) bond motifs is 1. The van der Waals surface area contributed by atoms with Gasteiger partial charge in [-0.2, -0.15) is 4.98 Å². The van der Waals surface area contributed by atoms with E-state index in [2.05, 4.69) is 47.8 Å². The van der Waals surface area contributed by atoms with Gasteiger partial charge in [-0.25, -0.2) is 4.98 Å². The lowest BCUT2D eigenvalue weighted by Crippen LogP contribution is -2.20. The van der Waals surface area contributed by atoms with E-state index in [0.717, 1.165) is 21.3 Å². The molecule has 2 aromatic carbocycles. The van der Waals surface area contributed by atoms with E-state index >= 15 is 0 Å². The van der Waals surface area contributed by atoms with Crippen LogP contribution < -0.4 is 0 Å². The lowest BCUT2D eigenvalue weighted by Gasteiger charge is -2.25. The molecule has 1 aliphatic rings. The summed E-state index contributed by atoms with van der Waals surface area (Å²) >= 11 is 3.43. The van der Waals surface area contributed by atoms with Gasteiger partial charge in [-0.15, -0.1) is 0 Å². The first-order valence-electron chi connectivity index (χ1n) is 8.58. The van der Waals surface area contributed by atoms with Crippen molar-refractivity contribution < 1.29 is 9.26 Å². The fourth-order valence-corrected chi connectivity index (χ4v) is 3.48. The van der Waals surface area contributed by atoms with Gasteiger partial charge in [0.15, 0.2) is 5.69 Å². The molecule has 7 heteroatoms. The number of hydrogen-bond acceptors (Lipinski definition) is 5. The molecule has 0 fully saturated rings. The summed E-state index contributed by atoms with van der Waals surface area (Å²) in [6.45, 7) is 1.16. The van der Waals surface area contributed by atoms with Crippen molar-refractivity contribution >= 4 is 15.9 Å². The summed E-state index contributed by atoms with van der Waals surface area (Å²) in [6, 6.07) is 18.0. The number of aromatic nitrogens is 4. The monoisotopic (exact) mass is 422 g/mol. The molecule has 6 nitrogen and oxygen atoms in total. The van der Waals surface area contributed by atoms with E-state index in [1.165, 1.54) is 0 Å². The van der Waals surface area contributed by atoms with Crippen molar-refractivity contribution in [3.63, 3.8) is 0 Å². The Bertz CT molecular complexity index is 1070. The minimum absolute atomic E-state index is 0.0155. The van der Waals surface area contributed by atoms with Crippen LogP contribution in [0, 0.1) is 0 Å². The number of halogens is 1. The van der Waals surface area contributed by atoms with Crippen LogP contribution in [0.25, 0.3) is 23.0 Å². The van der Waals surface area contributed by atoms with E-state index in [0.29, 0.717) is 30.6 Å². The molecule has 0 radical (unpaired) electrons. The van der Waals surface area contributed by atoms with E-state index in [4.69, 9.17) is 9.26 Å². The zero-order valence-electron chi connectivity index (χ0n) is 14.2. The molecule has 1 atom stereocenters. The molecule has 1 unspecified atom stereocenters. The Hall–Kier alpha value is -2.77. The Morgan fingerprint density at radius 3 is 2.67 bits per heavy atom. The number of benzene rings is 2. The highest BCUT2D eigenvalue weighted by molar-refractivity contribution is 9.10. The maximum atomic E-state index is 6.06. The van der Waals surface area contributed by atoms with E-state index in [1.54, 1.807) is 0 Å². The second kappa shape index (κ2) is 6.75. The van der Waals surface area contributed by atoms with Gasteiger partial charge in [0.1, 0.15) is 6.10 Å². The predicted octanol–water partition coefficient (Wildman–Crippen LogP) is 4.63. The SMILES string of the molecule is Brc1ccc(-c2noc(-c3ncn4c3COC(c3ccccc3)C4)n2)cc1. The minimum Gasteiger partial charge on any atom is -0.365 e.